The molecule has 1 N–H and O–H groups in total. The summed E-state index contributed by atoms with van der Waals surface area (Å²) in [6, 6.07) is -0.102. The van der Waals surface area contributed by atoms with Crippen LogP contribution in [0.5, 0.6) is 0 Å². The Kier molecular flexibility index (Phi) is 8.50. The van der Waals surface area contributed by atoms with E-state index < -0.39 is 10.8 Å². The van der Waals surface area contributed by atoms with Crippen LogP contribution >= 0.6 is 0 Å². The summed E-state index contributed by atoms with van der Waals surface area (Å²) < 4.78 is 1.83. The third-order valence-corrected chi connectivity index (χ3v) is 8.66. The van der Waals surface area contributed by atoms with Crippen molar-refractivity contribution in [2.45, 2.75) is 109 Å². The van der Waals surface area contributed by atoms with E-state index in [1.807, 2.05) is 11.6 Å². The highest BCUT2D eigenvalue weighted by atomic mass is 16.6. The van der Waals surface area contributed by atoms with Crippen LogP contribution in [0.4, 0.5) is 5.69 Å². The van der Waals surface area contributed by atoms with Crippen molar-refractivity contribution in [3.8, 4) is 0 Å². The maximum Gasteiger partial charge on any atom is 0.320 e. The molecule has 4 fully saturated rings. The van der Waals surface area contributed by atoms with Gasteiger partial charge in [0, 0.05) is 12.6 Å². The monoisotopic (exact) mass is 487 g/mol. The van der Waals surface area contributed by atoms with Gasteiger partial charge in [-0.05, 0) is 89.1 Å². The van der Waals surface area contributed by atoms with Crippen LogP contribution in [-0.4, -0.2) is 51.2 Å². The highest BCUT2D eigenvalue weighted by Gasteiger charge is 2.53. The van der Waals surface area contributed by atoms with E-state index in [-0.39, 0.29) is 23.0 Å². The van der Waals surface area contributed by atoms with Crippen molar-refractivity contribution in [2.24, 2.45) is 17.8 Å². The largest absolute Gasteiger partial charge is 0.347 e. The Balaban J connectivity index is 1.44. The van der Waals surface area contributed by atoms with Gasteiger partial charge >= 0.3 is 5.69 Å². The summed E-state index contributed by atoms with van der Waals surface area (Å²) in [6.07, 6.45) is 15.7. The fourth-order valence-electron chi connectivity index (χ4n) is 7.44. The van der Waals surface area contributed by atoms with Crippen LogP contribution in [0.3, 0.4) is 0 Å². The van der Waals surface area contributed by atoms with Gasteiger partial charge in [0.15, 0.2) is 0 Å². The summed E-state index contributed by atoms with van der Waals surface area (Å²) in [5.74, 6) is 1.68. The highest BCUT2D eigenvalue weighted by Crippen LogP contribution is 2.58. The second-order valence-corrected chi connectivity index (χ2v) is 11.8. The predicted octanol–water partition coefficient (Wildman–Crippen LogP) is 5.52. The molecule has 4 aliphatic rings. The lowest BCUT2D eigenvalue weighted by atomic mass is 9.53. The zero-order valence-corrected chi connectivity index (χ0v) is 22.0. The summed E-state index contributed by atoms with van der Waals surface area (Å²) in [5.41, 5.74) is -0.326. The molecule has 0 radical (unpaired) electrons. The third-order valence-electron chi connectivity index (χ3n) is 8.66. The average Bonchev–Trinajstić information content (AvgIpc) is 3.25. The van der Waals surface area contributed by atoms with Gasteiger partial charge in [0.1, 0.15) is 6.20 Å². The first kappa shape index (κ1) is 26.1. The van der Waals surface area contributed by atoms with Gasteiger partial charge < -0.3 is 10.2 Å². The van der Waals surface area contributed by atoms with Gasteiger partial charge in [-0.3, -0.25) is 19.6 Å². The number of rotatable bonds is 14. The molecule has 5 rings (SSSR count). The van der Waals surface area contributed by atoms with Gasteiger partial charge in [-0.25, -0.2) is 0 Å². The van der Waals surface area contributed by atoms with E-state index in [0.29, 0.717) is 17.8 Å². The SMILES string of the molecule is CCCCCN(CCCCC)CC(C)NC(=O)c1nn(C23CC4CC(CC(C4)C2)C3)cc1[N+](=O)[O-]. The van der Waals surface area contributed by atoms with Crippen molar-refractivity contribution >= 4 is 11.6 Å². The van der Waals surface area contributed by atoms with Crippen LogP contribution in [0.15, 0.2) is 6.20 Å². The topological polar surface area (TPSA) is 93.3 Å². The number of hydrogen-bond donors (Lipinski definition) is 1. The molecule has 4 aliphatic carbocycles. The fourth-order valence-corrected chi connectivity index (χ4v) is 7.44. The van der Waals surface area contributed by atoms with Crippen molar-refractivity contribution in [3.63, 3.8) is 0 Å². The van der Waals surface area contributed by atoms with Crippen LogP contribution in [0, 0.1) is 27.9 Å². The second-order valence-electron chi connectivity index (χ2n) is 11.8. The molecule has 35 heavy (non-hydrogen) atoms. The van der Waals surface area contributed by atoms with E-state index in [2.05, 4.69) is 29.2 Å². The van der Waals surface area contributed by atoms with Crippen LogP contribution in [-0.2, 0) is 5.54 Å². The van der Waals surface area contributed by atoms with Crippen LogP contribution in [0.1, 0.15) is 108 Å². The van der Waals surface area contributed by atoms with E-state index in [1.165, 1.54) is 44.9 Å². The number of amides is 1. The van der Waals surface area contributed by atoms with E-state index in [1.54, 1.807) is 6.20 Å². The Hall–Kier alpha value is -1.96. The summed E-state index contributed by atoms with van der Waals surface area (Å²) in [4.78, 5) is 27.1. The van der Waals surface area contributed by atoms with E-state index in [0.717, 1.165) is 51.7 Å². The summed E-state index contributed by atoms with van der Waals surface area (Å²) in [7, 11) is 0. The van der Waals surface area contributed by atoms with Crippen molar-refractivity contribution in [2.75, 3.05) is 19.6 Å². The first-order valence-electron chi connectivity index (χ1n) is 14.1. The molecule has 0 saturated heterocycles. The lowest BCUT2D eigenvalue weighted by molar-refractivity contribution is -0.385. The van der Waals surface area contributed by atoms with Crippen LogP contribution < -0.4 is 5.32 Å². The smallest absolute Gasteiger partial charge is 0.320 e. The van der Waals surface area contributed by atoms with E-state index >= 15 is 0 Å². The molecule has 1 unspecified atom stereocenters. The molecular weight excluding hydrogens is 442 g/mol. The Bertz CT molecular complexity index is 837. The molecule has 196 valence electrons. The minimum absolute atomic E-state index is 0.0267. The van der Waals surface area contributed by atoms with Gasteiger partial charge in [-0.15, -0.1) is 0 Å². The molecule has 8 heteroatoms. The van der Waals surface area contributed by atoms with Gasteiger partial charge in [-0.1, -0.05) is 39.5 Å². The maximum absolute atomic E-state index is 13.2. The molecular formula is C27H45N5O3. The molecule has 4 saturated carbocycles. The number of carbonyl (C=O) groups excluding carboxylic acids is 1. The van der Waals surface area contributed by atoms with E-state index in [4.69, 9.17) is 0 Å². The molecule has 1 amide bonds. The fraction of sp³-hybridized carbons (Fsp3) is 0.852. The van der Waals surface area contributed by atoms with Crippen molar-refractivity contribution in [3.05, 3.63) is 22.0 Å². The molecule has 0 aliphatic heterocycles. The Morgan fingerprint density at radius 2 is 1.66 bits per heavy atom. The molecule has 1 aromatic rings. The summed E-state index contributed by atoms with van der Waals surface area (Å²) in [5, 5.41) is 19.5. The minimum atomic E-state index is -0.439. The molecule has 4 bridgehead atoms. The average molecular weight is 488 g/mol. The van der Waals surface area contributed by atoms with Crippen LogP contribution in [0.25, 0.3) is 0 Å². The van der Waals surface area contributed by atoms with Crippen molar-refractivity contribution in [1.82, 2.24) is 20.0 Å². The van der Waals surface area contributed by atoms with Gasteiger partial charge in [0.05, 0.1) is 10.5 Å². The molecule has 1 heterocycles. The number of nitro groups is 1. The number of hydrogen-bond acceptors (Lipinski definition) is 5. The normalized spacial score (nSPS) is 27.9. The van der Waals surface area contributed by atoms with Crippen molar-refractivity contribution in [1.29, 1.82) is 0 Å². The van der Waals surface area contributed by atoms with Gasteiger partial charge in [0.25, 0.3) is 5.91 Å². The quantitative estimate of drug-likeness (QED) is 0.212. The number of nitrogens with zero attached hydrogens (tertiary/aromatic N) is 4. The van der Waals surface area contributed by atoms with Gasteiger partial charge in [0.2, 0.25) is 5.69 Å². The third kappa shape index (κ3) is 6.07. The zero-order chi connectivity index (χ0) is 25.0. The summed E-state index contributed by atoms with van der Waals surface area (Å²) >= 11 is 0. The summed E-state index contributed by atoms with van der Waals surface area (Å²) in [6.45, 7) is 9.21. The second kappa shape index (κ2) is 11.4. The zero-order valence-electron chi connectivity index (χ0n) is 22.0. The molecule has 0 spiro atoms. The van der Waals surface area contributed by atoms with E-state index in [9.17, 15) is 14.9 Å². The number of nitrogens with one attached hydrogen (secondary N) is 1. The van der Waals surface area contributed by atoms with Crippen molar-refractivity contribution < 1.29 is 9.72 Å². The minimum Gasteiger partial charge on any atom is -0.347 e. The Labute approximate surface area is 210 Å². The maximum atomic E-state index is 13.2. The predicted molar refractivity (Wildman–Crippen MR) is 137 cm³/mol. The standard InChI is InChI=1S/C27H45N5O3/c1-4-6-8-10-30(11-9-7-5-2)18-20(3)28-26(33)25-24(32(34)35)19-31(29-25)27-15-21-12-22(16-27)14-23(13-21)17-27/h19-23H,4-18H2,1-3H3,(H,28,33). The molecule has 1 aromatic heterocycles. The first-order valence-corrected chi connectivity index (χ1v) is 14.1. The lowest BCUT2D eigenvalue weighted by Gasteiger charge is -2.56. The number of aromatic nitrogens is 2. The lowest BCUT2D eigenvalue weighted by Crippen LogP contribution is -2.52. The van der Waals surface area contributed by atoms with Gasteiger partial charge in [-0.2, -0.15) is 5.10 Å². The molecule has 1 atom stereocenters. The van der Waals surface area contributed by atoms with Crippen LogP contribution in [0.2, 0.25) is 0 Å². The molecule has 8 nitrogen and oxygen atoms in total. The number of carbonyl (C=O) groups is 1. The highest BCUT2D eigenvalue weighted by molar-refractivity contribution is 5.96. The molecule has 0 aromatic carbocycles. The Morgan fingerprint density at radius 3 is 2.14 bits per heavy atom. The first-order chi connectivity index (χ1) is 16.8. The number of unbranched alkanes of at least 4 members (excludes halogenated alkanes) is 4. The Morgan fingerprint density at radius 1 is 1.11 bits per heavy atom.